The first kappa shape index (κ1) is 12.8. The lowest BCUT2D eigenvalue weighted by Crippen LogP contribution is -2.16. The van der Waals surface area contributed by atoms with Crippen LogP contribution in [0.2, 0.25) is 0 Å². The van der Waals surface area contributed by atoms with Gasteiger partial charge < -0.3 is 0 Å². The normalized spacial score (nSPS) is 11.3. The maximum atomic E-state index is 11.6. The molecule has 3 nitrogen and oxygen atoms in total. The monoisotopic (exact) mass is 339 g/mol. The highest BCUT2D eigenvalue weighted by atomic mass is 127. The van der Waals surface area contributed by atoms with Crippen molar-refractivity contribution in [1.29, 1.82) is 0 Å². The predicted molar refractivity (Wildman–Crippen MR) is 71.5 cm³/mol. The number of benzene rings is 1. The molecule has 0 aliphatic heterocycles. The Morgan fingerprint density at radius 1 is 1.40 bits per heavy atom. The lowest BCUT2D eigenvalue weighted by atomic mass is 10.3. The predicted octanol–water partition coefficient (Wildman–Crippen LogP) is 2.83. The molecule has 1 aromatic rings. The third-order valence-corrected chi connectivity index (χ3v) is 3.91. The molecule has 0 saturated heterocycles. The van der Waals surface area contributed by atoms with Gasteiger partial charge in [0.25, 0.3) is 0 Å². The van der Waals surface area contributed by atoms with Gasteiger partial charge in [0, 0.05) is 9.26 Å². The number of hydrogen-bond acceptors (Lipinski definition) is 2. The van der Waals surface area contributed by atoms with Crippen molar-refractivity contribution in [3.8, 4) is 0 Å². The first-order valence-electron chi connectivity index (χ1n) is 4.79. The minimum atomic E-state index is -3.17. The number of nitrogens with one attached hydrogen (secondary N) is 1. The van der Waals surface area contributed by atoms with Gasteiger partial charge in [0.05, 0.1) is 5.75 Å². The third-order valence-electron chi connectivity index (χ3n) is 1.86. The second-order valence-electron chi connectivity index (χ2n) is 3.28. The molecule has 0 saturated carbocycles. The van der Waals surface area contributed by atoms with Crippen molar-refractivity contribution < 1.29 is 8.42 Å². The number of hydrogen-bond donors (Lipinski definition) is 1. The van der Waals surface area contributed by atoms with Crippen LogP contribution in [-0.4, -0.2) is 14.2 Å². The highest BCUT2D eigenvalue weighted by Crippen LogP contribution is 2.14. The van der Waals surface area contributed by atoms with Crippen molar-refractivity contribution in [2.75, 3.05) is 10.5 Å². The Balaban J connectivity index is 2.69. The van der Waals surface area contributed by atoms with Crippen LogP contribution in [0.25, 0.3) is 0 Å². The van der Waals surface area contributed by atoms with E-state index in [2.05, 4.69) is 27.3 Å². The fourth-order valence-corrected chi connectivity index (χ4v) is 2.92. The lowest BCUT2D eigenvalue weighted by molar-refractivity contribution is 0.598. The second kappa shape index (κ2) is 5.69. The molecule has 0 atom stereocenters. The van der Waals surface area contributed by atoms with Gasteiger partial charge in [0.1, 0.15) is 0 Å². The van der Waals surface area contributed by atoms with E-state index in [-0.39, 0.29) is 5.75 Å². The van der Waals surface area contributed by atoms with Crippen LogP contribution >= 0.6 is 22.6 Å². The standard InChI is InChI=1S/C10H14INO2S/c1-2-3-7-15(13,14)12-10-6-4-5-9(11)8-10/h4-6,8,12H,2-3,7H2,1H3. The van der Waals surface area contributed by atoms with Gasteiger partial charge >= 0.3 is 0 Å². The zero-order valence-corrected chi connectivity index (χ0v) is 11.5. The van der Waals surface area contributed by atoms with Gasteiger partial charge in [-0.25, -0.2) is 8.42 Å². The summed E-state index contributed by atoms with van der Waals surface area (Å²) in [6.07, 6.45) is 1.58. The van der Waals surface area contributed by atoms with Crippen LogP contribution in [0.15, 0.2) is 24.3 Å². The van der Waals surface area contributed by atoms with E-state index in [9.17, 15) is 8.42 Å². The van der Waals surface area contributed by atoms with E-state index in [4.69, 9.17) is 0 Å². The molecule has 0 bridgehead atoms. The first-order chi connectivity index (χ1) is 7.03. The summed E-state index contributed by atoms with van der Waals surface area (Å²) in [4.78, 5) is 0. The summed E-state index contributed by atoms with van der Waals surface area (Å²) in [6, 6.07) is 7.32. The molecule has 0 spiro atoms. The number of rotatable bonds is 5. The summed E-state index contributed by atoms with van der Waals surface area (Å²) >= 11 is 2.15. The van der Waals surface area contributed by atoms with E-state index in [1.165, 1.54) is 0 Å². The highest BCUT2D eigenvalue weighted by molar-refractivity contribution is 14.1. The molecule has 1 N–H and O–H groups in total. The number of anilines is 1. The van der Waals surface area contributed by atoms with Gasteiger partial charge in [-0.1, -0.05) is 19.4 Å². The Bertz CT molecular complexity index is 417. The number of halogens is 1. The van der Waals surface area contributed by atoms with E-state index in [1.807, 2.05) is 25.1 Å². The Morgan fingerprint density at radius 2 is 2.13 bits per heavy atom. The van der Waals surface area contributed by atoms with Crippen LogP contribution in [0, 0.1) is 3.57 Å². The smallest absolute Gasteiger partial charge is 0.232 e. The van der Waals surface area contributed by atoms with Gasteiger partial charge in [0.15, 0.2) is 0 Å². The molecule has 84 valence electrons. The zero-order chi connectivity index (χ0) is 11.3. The maximum Gasteiger partial charge on any atom is 0.232 e. The molecule has 5 heteroatoms. The molecule has 0 aromatic heterocycles. The van der Waals surface area contributed by atoms with Crippen molar-refractivity contribution in [2.24, 2.45) is 0 Å². The fourth-order valence-electron chi connectivity index (χ4n) is 1.12. The summed E-state index contributed by atoms with van der Waals surface area (Å²) < 4.78 is 26.7. The minimum absolute atomic E-state index is 0.189. The molecule has 1 rings (SSSR count). The van der Waals surface area contributed by atoms with Crippen LogP contribution in [0.3, 0.4) is 0 Å². The first-order valence-corrected chi connectivity index (χ1v) is 7.52. The van der Waals surface area contributed by atoms with Gasteiger partial charge in [-0.2, -0.15) is 0 Å². The van der Waals surface area contributed by atoms with Crippen LogP contribution in [-0.2, 0) is 10.0 Å². The van der Waals surface area contributed by atoms with Crippen molar-refractivity contribution in [1.82, 2.24) is 0 Å². The van der Waals surface area contributed by atoms with E-state index in [1.54, 1.807) is 6.07 Å². The molecule has 0 amide bonds. The van der Waals surface area contributed by atoms with Gasteiger partial charge in [0.2, 0.25) is 10.0 Å². The van der Waals surface area contributed by atoms with Gasteiger partial charge in [-0.3, -0.25) is 4.72 Å². The maximum absolute atomic E-state index is 11.6. The van der Waals surface area contributed by atoms with Crippen molar-refractivity contribution in [2.45, 2.75) is 19.8 Å². The topological polar surface area (TPSA) is 46.2 Å². The molecule has 0 radical (unpaired) electrons. The summed E-state index contributed by atoms with van der Waals surface area (Å²) in [7, 11) is -3.17. The second-order valence-corrected chi connectivity index (χ2v) is 6.37. The van der Waals surface area contributed by atoms with E-state index in [0.717, 1.165) is 9.99 Å². The molecule has 0 aliphatic rings. The molecule has 0 aliphatic carbocycles. The summed E-state index contributed by atoms with van der Waals surface area (Å²) in [5.41, 5.74) is 0.637. The Hall–Kier alpha value is -0.300. The highest BCUT2D eigenvalue weighted by Gasteiger charge is 2.08. The molecular weight excluding hydrogens is 325 g/mol. The largest absolute Gasteiger partial charge is 0.284 e. The molecule has 15 heavy (non-hydrogen) atoms. The molecule has 0 fully saturated rings. The molecular formula is C10H14INO2S. The lowest BCUT2D eigenvalue weighted by Gasteiger charge is -2.07. The Labute approximate surface area is 104 Å². The zero-order valence-electron chi connectivity index (χ0n) is 8.53. The van der Waals surface area contributed by atoms with Crippen molar-refractivity contribution in [3.05, 3.63) is 27.8 Å². The van der Waals surface area contributed by atoms with Crippen LogP contribution in [0.5, 0.6) is 0 Å². The van der Waals surface area contributed by atoms with E-state index in [0.29, 0.717) is 12.1 Å². The SMILES string of the molecule is CCCCS(=O)(=O)Nc1cccc(I)c1. The third kappa shape index (κ3) is 4.83. The van der Waals surface area contributed by atoms with Gasteiger partial charge in [-0.15, -0.1) is 0 Å². The average Bonchev–Trinajstić information content (AvgIpc) is 2.14. The van der Waals surface area contributed by atoms with Crippen LogP contribution in [0.4, 0.5) is 5.69 Å². The van der Waals surface area contributed by atoms with Crippen LogP contribution in [0.1, 0.15) is 19.8 Å². The number of sulfonamides is 1. The quantitative estimate of drug-likeness (QED) is 0.839. The number of unbranched alkanes of at least 4 members (excludes halogenated alkanes) is 1. The summed E-state index contributed by atoms with van der Waals surface area (Å²) in [5, 5.41) is 0. The minimum Gasteiger partial charge on any atom is -0.284 e. The molecule has 1 aromatic carbocycles. The summed E-state index contributed by atoms with van der Waals surface area (Å²) in [5.74, 6) is 0.189. The Morgan fingerprint density at radius 3 is 2.73 bits per heavy atom. The Kier molecular flexibility index (Phi) is 4.85. The van der Waals surface area contributed by atoms with E-state index < -0.39 is 10.0 Å². The molecule has 0 heterocycles. The summed E-state index contributed by atoms with van der Waals surface area (Å²) in [6.45, 7) is 1.97. The van der Waals surface area contributed by atoms with E-state index >= 15 is 0 Å². The van der Waals surface area contributed by atoms with Crippen molar-refractivity contribution >= 4 is 38.3 Å². The van der Waals surface area contributed by atoms with Gasteiger partial charge in [-0.05, 0) is 47.2 Å². The van der Waals surface area contributed by atoms with Crippen molar-refractivity contribution in [3.63, 3.8) is 0 Å². The molecule has 0 unspecified atom stereocenters. The van der Waals surface area contributed by atoms with Crippen LogP contribution < -0.4 is 4.72 Å². The average molecular weight is 339 g/mol. The fraction of sp³-hybridized carbons (Fsp3) is 0.400.